The van der Waals surface area contributed by atoms with Gasteiger partial charge < -0.3 is 0 Å². The second kappa shape index (κ2) is 9.97. The quantitative estimate of drug-likeness (QED) is 0.420. The molecule has 3 unspecified atom stereocenters. The highest BCUT2D eigenvalue weighted by Crippen LogP contribution is 2.26. The van der Waals surface area contributed by atoms with Crippen molar-refractivity contribution in [1.29, 1.82) is 0 Å². The Morgan fingerprint density at radius 2 is 1.35 bits per heavy atom. The Labute approximate surface area is 111 Å². The van der Waals surface area contributed by atoms with Gasteiger partial charge in [0, 0.05) is 0 Å². The molecule has 0 aromatic heterocycles. The topological polar surface area (TPSA) is 0 Å². The van der Waals surface area contributed by atoms with Gasteiger partial charge in [0.25, 0.3) is 0 Å². The Balaban J connectivity index is 3.67. The Hall–Kier alpha value is 0. The van der Waals surface area contributed by atoms with E-state index in [1.165, 1.54) is 44.9 Å². The Bertz CT molecular complexity index is 159. The summed E-state index contributed by atoms with van der Waals surface area (Å²) < 4.78 is 0. The molecule has 0 N–H and O–H groups in total. The first kappa shape index (κ1) is 17.0. The number of hydrogen-bond acceptors (Lipinski definition) is 0. The molecule has 0 spiro atoms. The molecule has 0 radical (unpaired) electrons. The van der Waals surface area contributed by atoms with Gasteiger partial charge >= 0.3 is 0 Å². The van der Waals surface area contributed by atoms with Crippen molar-refractivity contribution in [2.75, 3.05) is 0 Å². The molecule has 0 aromatic rings. The van der Waals surface area contributed by atoms with Crippen LogP contribution in [0.25, 0.3) is 0 Å². The van der Waals surface area contributed by atoms with Gasteiger partial charge in [0.15, 0.2) is 0 Å². The van der Waals surface area contributed by atoms with Gasteiger partial charge in [-0.2, -0.15) is 0 Å². The fourth-order valence-electron chi connectivity index (χ4n) is 2.67. The fraction of sp³-hybridized carbons (Fsp3) is 1.00. The normalized spacial score (nSPS) is 17.1. The zero-order chi connectivity index (χ0) is 13.3. The van der Waals surface area contributed by atoms with Gasteiger partial charge in [0.05, 0.1) is 0 Å². The zero-order valence-corrected chi connectivity index (χ0v) is 13.3. The molecule has 0 nitrogen and oxygen atoms in total. The third-order valence-electron chi connectivity index (χ3n) is 4.24. The van der Waals surface area contributed by atoms with Crippen molar-refractivity contribution in [3.8, 4) is 0 Å². The molecule has 0 bridgehead atoms. The Morgan fingerprint density at radius 1 is 0.706 bits per heavy atom. The van der Waals surface area contributed by atoms with E-state index in [-0.39, 0.29) is 0 Å². The largest absolute Gasteiger partial charge is 0.0654 e. The van der Waals surface area contributed by atoms with E-state index in [1.807, 2.05) is 0 Å². The molecule has 0 saturated carbocycles. The highest BCUT2D eigenvalue weighted by molar-refractivity contribution is 4.66. The molecule has 3 atom stereocenters. The van der Waals surface area contributed by atoms with Gasteiger partial charge in [-0.15, -0.1) is 0 Å². The van der Waals surface area contributed by atoms with Crippen LogP contribution in [0.1, 0.15) is 86.5 Å². The first-order valence-electron chi connectivity index (χ1n) is 7.97. The van der Waals surface area contributed by atoms with Crippen LogP contribution in [-0.2, 0) is 0 Å². The smallest absolute Gasteiger partial charge is 0.0414 e. The first-order valence-corrected chi connectivity index (χ1v) is 7.97. The van der Waals surface area contributed by atoms with Crippen molar-refractivity contribution < 1.29 is 0 Å². The summed E-state index contributed by atoms with van der Waals surface area (Å²) in [7, 11) is 0. The monoisotopic (exact) mass is 240 g/mol. The molecule has 0 heterocycles. The van der Waals surface area contributed by atoms with E-state index in [0.717, 1.165) is 23.7 Å². The Kier molecular flexibility index (Phi) is 9.97. The van der Waals surface area contributed by atoms with Crippen molar-refractivity contribution in [2.45, 2.75) is 86.5 Å². The number of hydrogen-bond donors (Lipinski definition) is 0. The molecule has 0 aliphatic carbocycles. The van der Waals surface area contributed by atoms with Crippen LogP contribution in [0, 0.1) is 23.7 Å². The molecule has 0 amide bonds. The minimum Gasteiger partial charge on any atom is -0.0654 e. The standard InChI is InChI=1S/C17H36/c1-7-8-12-16(5)17(6)13-15(4)11-9-10-14(2)3/h14-17H,7-13H2,1-6H3. The summed E-state index contributed by atoms with van der Waals surface area (Å²) in [5.41, 5.74) is 0. The van der Waals surface area contributed by atoms with Gasteiger partial charge in [0.1, 0.15) is 0 Å². The maximum absolute atomic E-state index is 2.46. The van der Waals surface area contributed by atoms with Crippen molar-refractivity contribution >= 4 is 0 Å². The third kappa shape index (κ3) is 9.68. The molecule has 0 fully saturated rings. The molecular weight excluding hydrogens is 204 g/mol. The SMILES string of the molecule is CCCCC(C)C(C)CC(C)CCCC(C)C. The van der Waals surface area contributed by atoms with Crippen molar-refractivity contribution in [3.05, 3.63) is 0 Å². The first-order chi connectivity index (χ1) is 7.97. The average Bonchev–Trinajstić information content (AvgIpc) is 2.25. The highest BCUT2D eigenvalue weighted by Gasteiger charge is 2.15. The van der Waals surface area contributed by atoms with E-state index in [9.17, 15) is 0 Å². The summed E-state index contributed by atoms with van der Waals surface area (Å²) in [4.78, 5) is 0. The fourth-order valence-corrected chi connectivity index (χ4v) is 2.67. The summed E-state index contributed by atoms with van der Waals surface area (Å²) in [5.74, 6) is 3.63. The van der Waals surface area contributed by atoms with Gasteiger partial charge in [0.2, 0.25) is 0 Å². The molecule has 0 saturated heterocycles. The van der Waals surface area contributed by atoms with Crippen LogP contribution in [0.3, 0.4) is 0 Å². The van der Waals surface area contributed by atoms with Gasteiger partial charge in [-0.25, -0.2) is 0 Å². The van der Waals surface area contributed by atoms with Crippen LogP contribution in [-0.4, -0.2) is 0 Å². The maximum atomic E-state index is 2.46. The second-order valence-corrected chi connectivity index (χ2v) is 6.76. The lowest BCUT2D eigenvalue weighted by atomic mass is 9.83. The summed E-state index contributed by atoms with van der Waals surface area (Å²) in [6, 6.07) is 0. The average molecular weight is 240 g/mol. The molecule has 0 rings (SSSR count). The summed E-state index contributed by atoms with van der Waals surface area (Å²) in [6.07, 6.45) is 9.88. The lowest BCUT2D eigenvalue weighted by Crippen LogP contribution is -2.12. The van der Waals surface area contributed by atoms with Gasteiger partial charge in [-0.1, -0.05) is 80.1 Å². The lowest BCUT2D eigenvalue weighted by molar-refractivity contribution is 0.282. The second-order valence-electron chi connectivity index (χ2n) is 6.76. The number of rotatable bonds is 10. The molecule has 104 valence electrons. The molecule has 0 aliphatic rings. The lowest BCUT2D eigenvalue weighted by Gasteiger charge is -2.23. The Morgan fingerprint density at radius 3 is 1.88 bits per heavy atom. The molecular formula is C17H36. The van der Waals surface area contributed by atoms with Gasteiger partial charge in [-0.3, -0.25) is 0 Å². The van der Waals surface area contributed by atoms with E-state index in [2.05, 4.69) is 41.5 Å². The van der Waals surface area contributed by atoms with E-state index >= 15 is 0 Å². The molecule has 0 aromatic carbocycles. The van der Waals surface area contributed by atoms with Gasteiger partial charge in [-0.05, 0) is 30.1 Å². The van der Waals surface area contributed by atoms with Crippen molar-refractivity contribution in [3.63, 3.8) is 0 Å². The molecule has 17 heavy (non-hydrogen) atoms. The summed E-state index contributed by atoms with van der Waals surface area (Å²) in [6.45, 7) is 14.3. The van der Waals surface area contributed by atoms with Crippen LogP contribution >= 0.6 is 0 Å². The minimum atomic E-state index is 0.878. The minimum absolute atomic E-state index is 0.878. The van der Waals surface area contributed by atoms with Crippen LogP contribution in [0.4, 0.5) is 0 Å². The van der Waals surface area contributed by atoms with Crippen molar-refractivity contribution in [1.82, 2.24) is 0 Å². The van der Waals surface area contributed by atoms with Crippen LogP contribution < -0.4 is 0 Å². The number of unbranched alkanes of at least 4 members (excludes halogenated alkanes) is 1. The molecule has 0 aliphatic heterocycles. The highest BCUT2D eigenvalue weighted by atomic mass is 14.2. The van der Waals surface area contributed by atoms with E-state index in [1.54, 1.807) is 0 Å². The van der Waals surface area contributed by atoms with Crippen LogP contribution in [0.2, 0.25) is 0 Å². The summed E-state index contributed by atoms with van der Waals surface area (Å²) in [5, 5.41) is 0. The predicted octanol–water partition coefficient (Wildman–Crippen LogP) is 6.30. The molecule has 0 heteroatoms. The zero-order valence-electron chi connectivity index (χ0n) is 13.3. The van der Waals surface area contributed by atoms with E-state index < -0.39 is 0 Å². The predicted molar refractivity (Wildman–Crippen MR) is 80.3 cm³/mol. The third-order valence-corrected chi connectivity index (χ3v) is 4.24. The van der Waals surface area contributed by atoms with E-state index in [0.29, 0.717) is 0 Å². The van der Waals surface area contributed by atoms with E-state index in [4.69, 9.17) is 0 Å². The van der Waals surface area contributed by atoms with Crippen LogP contribution in [0.15, 0.2) is 0 Å². The van der Waals surface area contributed by atoms with Crippen LogP contribution in [0.5, 0.6) is 0 Å². The maximum Gasteiger partial charge on any atom is -0.0414 e. The summed E-state index contributed by atoms with van der Waals surface area (Å²) >= 11 is 0. The van der Waals surface area contributed by atoms with Crippen molar-refractivity contribution in [2.24, 2.45) is 23.7 Å².